The Hall–Kier alpha value is -1.12. The summed E-state index contributed by atoms with van der Waals surface area (Å²) in [6.45, 7) is 5.11. The molecule has 3 atom stereocenters. The Morgan fingerprint density at radius 2 is 2.21 bits per heavy atom. The van der Waals surface area contributed by atoms with Crippen molar-refractivity contribution in [3.63, 3.8) is 0 Å². The molecule has 5 heteroatoms. The van der Waals surface area contributed by atoms with Crippen LogP contribution in [-0.4, -0.2) is 47.2 Å². The van der Waals surface area contributed by atoms with Gasteiger partial charge in [-0.15, -0.1) is 0 Å². The normalized spacial score (nSPS) is 30.6. The van der Waals surface area contributed by atoms with Gasteiger partial charge in [0.25, 0.3) is 0 Å². The lowest BCUT2D eigenvalue weighted by Gasteiger charge is -2.27. The first-order valence-corrected chi connectivity index (χ1v) is 7.07. The molecule has 0 radical (unpaired) electrons. The first-order valence-electron chi connectivity index (χ1n) is 7.07. The van der Waals surface area contributed by atoms with Crippen LogP contribution in [0.3, 0.4) is 0 Å². The van der Waals surface area contributed by atoms with Crippen molar-refractivity contribution in [2.45, 2.75) is 44.7 Å². The number of carbonyl (C=O) groups is 1. The number of nitrogens with zero attached hydrogens (tertiary/aromatic N) is 2. The smallest absolute Gasteiger partial charge is 0.235 e. The summed E-state index contributed by atoms with van der Waals surface area (Å²) in [5.41, 5.74) is -0.725. The number of hydrogen-bond acceptors (Lipinski definition) is 4. The molecule has 0 spiro atoms. The number of likely N-dealkylation sites (tertiary alicyclic amines) is 1. The maximum atomic E-state index is 12.1. The summed E-state index contributed by atoms with van der Waals surface area (Å²) in [6, 6.07) is 2.30. The Labute approximate surface area is 114 Å². The molecule has 1 amide bonds. The number of rotatable bonds is 5. The van der Waals surface area contributed by atoms with Gasteiger partial charge >= 0.3 is 0 Å². The zero-order valence-corrected chi connectivity index (χ0v) is 11.7. The Balaban J connectivity index is 1.89. The molecule has 106 valence electrons. The molecule has 5 nitrogen and oxygen atoms in total. The topological polar surface area (TPSA) is 76.4 Å². The summed E-state index contributed by atoms with van der Waals surface area (Å²) in [5, 5.41) is 21.5. The van der Waals surface area contributed by atoms with Crippen LogP contribution in [0.2, 0.25) is 0 Å². The third kappa shape index (κ3) is 3.07. The Bertz CT molecular complexity index is 389. The summed E-state index contributed by atoms with van der Waals surface area (Å²) < 4.78 is 0. The summed E-state index contributed by atoms with van der Waals surface area (Å²) in [5.74, 6) is 0.611. The first-order chi connectivity index (χ1) is 9.00. The largest absolute Gasteiger partial charge is 0.395 e. The molecule has 0 aromatic rings. The minimum absolute atomic E-state index is 0.0695. The third-order valence-electron chi connectivity index (χ3n) is 4.56. The minimum Gasteiger partial charge on any atom is -0.395 e. The SMILES string of the molecule is CC1CCN(CC(=O)NC(C)(C#N)C2CC2)C1CO. The molecule has 19 heavy (non-hydrogen) atoms. The van der Waals surface area contributed by atoms with E-state index >= 15 is 0 Å². The van der Waals surface area contributed by atoms with Crippen molar-refractivity contribution in [1.82, 2.24) is 10.2 Å². The lowest BCUT2D eigenvalue weighted by molar-refractivity contribution is -0.124. The van der Waals surface area contributed by atoms with Crippen LogP contribution < -0.4 is 5.32 Å². The monoisotopic (exact) mass is 265 g/mol. The van der Waals surface area contributed by atoms with Crippen LogP contribution in [0.15, 0.2) is 0 Å². The predicted molar refractivity (Wildman–Crippen MR) is 71.1 cm³/mol. The molecule has 1 aliphatic carbocycles. The zero-order valence-electron chi connectivity index (χ0n) is 11.7. The maximum Gasteiger partial charge on any atom is 0.235 e. The number of aliphatic hydroxyl groups excluding tert-OH is 1. The number of aliphatic hydroxyl groups is 1. The number of hydrogen-bond donors (Lipinski definition) is 2. The Morgan fingerprint density at radius 1 is 1.53 bits per heavy atom. The molecule has 3 unspecified atom stereocenters. The Morgan fingerprint density at radius 3 is 2.74 bits per heavy atom. The second-order valence-electron chi connectivity index (χ2n) is 6.12. The van der Waals surface area contributed by atoms with Crippen LogP contribution in [0.5, 0.6) is 0 Å². The van der Waals surface area contributed by atoms with E-state index in [-0.39, 0.29) is 25.1 Å². The van der Waals surface area contributed by atoms with E-state index in [1.54, 1.807) is 6.92 Å². The third-order valence-corrected chi connectivity index (χ3v) is 4.56. The fourth-order valence-electron chi connectivity index (χ4n) is 2.97. The molecule has 1 heterocycles. The van der Waals surface area contributed by atoms with E-state index in [1.165, 1.54) is 0 Å². The van der Waals surface area contributed by atoms with Crippen molar-refractivity contribution in [1.29, 1.82) is 5.26 Å². The van der Waals surface area contributed by atoms with Crippen LogP contribution in [0.1, 0.15) is 33.1 Å². The highest BCUT2D eigenvalue weighted by atomic mass is 16.3. The van der Waals surface area contributed by atoms with Gasteiger partial charge < -0.3 is 10.4 Å². The molecule has 0 aromatic heterocycles. The lowest BCUT2D eigenvalue weighted by atomic mass is 9.98. The van der Waals surface area contributed by atoms with Crippen molar-refractivity contribution < 1.29 is 9.90 Å². The highest BCUT2D eigenvalue weighted by Crippen LogP contribution is 2.39. The quantitative estimate of drug-likeness (QED) is 0.759. The van der Waals surface area contributed by atoms with Gasteiger partial charge in [-0.1, -0.05) is 6.92 Å². The van der Waals surface area contributed by atoms with Gasteiger partial charge in [-0.05, 0) is 44.6 Å². The second kappa shape index (κ2) is 5.48. The van der Waals surface area contributed by atoms with Gasteiger partial charge in [0, 0.05) is 6.04 Å². The highest BCUT2D eigenvalue weighted by Gasteiger charge is 2.43. The van der Waals surface area contributed by atoms with Gasteiger partial charge in [-0.3, -0.25) is 9.69 Å². The van der Waals surface area contributed by atoms with Gasteiger partial charge in [0.1, 0.15) is 5.54 Å². The highest BCUT2D eigenvalue weighted by molar-refractivity contribution is 5.79. The molecule has 0 aromatic carbocycles. The van der Waals surface area contributed by atoms with Crippen molar-refractivity contribution in [2.24, 2.45) is 11.8 Å². The summed E-state index contributed by atoms with van der Waals surface area (Å²) in [7, 11) is 0. The van der Waals surface area contributed by atoms with E-state index in [4.69, 9.17) is 0 Å². The summed E-state index contributed by atoms with van der Waals surface area (Å²) >= 11 is 0. The van der Waals surface area contributed by atoms with Crippen LogP contribution >= 0.6 is 0 Å². The van der Waals surface area contributed by atoms with Gasteiger partial charge in [0.05, 0.1) is 19.2 Å². The zero-order chi connectivity index (χ0) is 14.0. The van der Waals surface area contributed by atoms with E-state index in [0.717, 1.165) is 25.8 Å². The minimum atomic E-state index is -0.725. The summed E-state index contributed by atoms with van der Waals surface area (Å²) in [6.07, 6.45) is 3.05. The number of nitriles is 1. The van der Waals surface area contributed by atoms with Gasteiger partial charge in [-0.2, -0.15) is 5.26 Å². The molecular formula is C14H23N3O2. The molecular weight excluding hydrogens is 242 g/mol. The maximum absolute atomic E-state index is 12.1. The fraction of sp³-hybridized carbons (Fsp3) is 0.857. The predicted octanol–water partition coefficient (Wildman–Crippen LogP) is 0.498. The van der Waals surface area contributed by atoms with Crippen LogP contribution in [0.4, 0.5) is 0 Å². The van der Waals surface area contributed by atoms with Crippen LogP contribution in [0.25, 0.3) is 0 Å². The molecule has 1 saturated carbocycles. The van der Waals surface area contributed by atoms with E-state index in [9.17, 15) is 15.2 Å². The Kier molecular flexibility index (Phi) is 4.12. The number of carbonyl (C=O) groups excluding carboxylic acids is 1. The molecule has 2 N–H and O–H groups in total. The number of amides is 1. The van der Waals surface area contributed by atoms with Crippen LogP contribution in [-0.2, 0) is 4.79 Å². The number of nitrogens with one attached hydrogen (secondary N) is 1. The first kappa shape index (κ1) is 14.3. The summed E-state index contributed by atoms with van der Waals surface area (Å²) in [4.78, 5) is 14.1. The van der Waals surface area contributed by atoms with Crippen molar-refractivity contribution in [3.05, 3.63) is 0 Å². The van der Waals surface area contributed by atoms with Gasteiger partial charge in [0.15, 0.2) is 0 Å². The van der Waals surface area contributed by atoms with Crippen molar-refractivity contribution in [3.8, 4) is 6.07 Å². The molecule has 2 fully saturated rings. The molecule has 1 saturated heterocycles. The van der Waals surface area contributed by atoms with E-state index < -0.39 is 5.54 Å². The standard InChI is InChI=1S/C14H23N3O2/c1-10-5-6-17(12(10)8-18)7-13(19)16-14(2,9-15)11-3-4-11/h10-12,18H,3-8H2,1-2H3,(H,16,19). The van der Waals surface area contributed by atoms with Crippen molar-refractivity contribution in [2.75, 3.05) is 19.7 Å². The second-order valence-corrected chi connectivity index (χ2v) is 6.12. The molecule has 0 bridgehead atoms. The average molecular weight is 265 g/mol. The van der Waals surface area contributed by atoms with E-state index in [1.807, 2.05) is 4.90 Å². The van der Waals surface area contributed by atoms with E-state index in [0.29, 0.717) is 11.8 Å². The molecule has 2 rings (SSSR count). The van der Waals surface area contributed by atoms with E-state index in [2.05, 4.69) is 18.3 Å². The fourth-order valence-corrected chi connectivity index (χ4v) is 2.97. The van der Waals surface area contributed by atoms with Gasteiger partial charge in [-0.25, -0.2) is 0 Å². The van der Waals surface area contributed by atoms with Crippen molar-refractivity contribution >= 4 is 5.91 Å². The van der Waals surface area contributed by atoms with Gasteiger partial charge in [0.2, 0.25) is 5.91 Å². The van der Waals surface area contributed by atoms with Crippen LogP contribution in [0, 0.1) is 23.2 Å². The average Bonchev–Trinajstić information content (AvgIpc) is 3.16. The molecule has 1 aliphatic heterocycles. The lowest BCUT2D eigenvalue weighted by Crippen LogP contribution is -2.51. The molecule has 2 aliphatic rings.